The van der Waals surface area contributed by atoms with Crippen LogP contribution in [0, 0.1) is 29.6 Å². The van der Waals surface area contributed by atoms with Gasteiger partial charge in [0.1, 0.15) is 0 Å². The summed E-state index contributed by atoms with van der Waals surface area (Å²) >= 11 is 0. The van der Waals surface area contributed by atoms with Crippen molar-refractivity contribution in [3.63, 3.8) is 0 Å². The molecular weight excluding hydrogens is 232 g/mol. The summed E-state index contributed by atoms with van der Waals surface area (Å²) in [6.45, 7) is 8.79. The van der Waals surface area contributed by atoms with E-state index in [4.69, 9.17) is 0 Å². The summed E-state index contributed by atoms with van der Waals surface area (Å²) < 4.78 is 0. The summed E-state index contributed by atoms with van der Waals surface area (Å²) in [4.78, 5) is 0. The van der Waals surface area contributed by atoms with E-state index in [1.165, 1.54) is 6.42 Å². The molecule has 0 aromatic carbocycles. The number of hydrogen-bond acceptors (Lipinski definition) is 1. The van der Waals surface area contributed by atoms with Crippen LogP contribution in [0.3, 0.4) is 0 Å². The molecule has 0 spiro atoms. The van der Waals surface area contributed by atoms with Crippen LogP contribution in [0.5, 0.6) is 0 Å². The van der Waals surface area contributed by atoms with Gasteiger partial charge in [-0.2, -0.15) is 0 Å². The fourth-order valence-corrected chi connectivity index (χ4v) is 3.66. The summed E-state index contributed by atoms with van der Waals surface area (Å²) in [5.74, 6) is 2.68. The van der Waals surface area contributed by atoms with E-state index in [2.05, 4.69) is 51.2 Å². The molecule has 2 aliphatic rings. The van der Waals surface area contributed by atoms with E-state index >= 15 is 0 Å². The normalized spacial score (nSPS) is 46.9. The van der Waals surface area contributed by atoms with Crippen LogP contribution in [0.2, 0.25) is 0 Å². The molecule has 0 saturated heterocycles. The lowest BCUT2D eigenvalue weighted by Crippen LogP contribution is -2.37. The van der Waals surface area contributed by atoms with Crippen LogP contribution in [-0.2, 0) is 0 Å². The first-order chi connectivity index (χ1) is 8.92. The monoisotopic (exact) mass is 260 g/mol. The lowest BCUT2D eigenvalue weighted by atomic mass is 9.72. The van der Waals surface area contributed by atoms with Gasteiger partial charge in [-0.05, 0) is 43.4 Å². The third-order valence-electron chi connectivity index (χ3n) is 5.00. The van der Waals surface area contributed by atoms with Crippen LogP contribution in [-0.4, -0.2) is 10.7 Å². The quantitative estimate of drug-likeness (QED) is 0.732. The molecule has 0 saturated carbocycles. The van der Waals surface area contributed by atoms with Crippen LogP contribution in [0.15, 0.2) is 36.5 Å². The van der Waals surface area contributed by atoms with E-state index < -0.39 is 5.60 Å². The fraction of sp³-hybridized carbons (Fsp3) is 0.667. The Morgan fingerprint density at radius 2 is 1.74 bits per heavy atom. The van der Waals surface area contributed by atoms with Gasteiger partial charge in [0.25, 0.3) is 0 Å². The second-order valence-electron chi connectivity index (χ2n) is 6.83. The Labute approximate surface area is 118 Å². The third-order valence-corrected chi connectivity index (χ3v) is 5.00. The maximum Gasteiger partial charge on any atom is 0.0864 e. The van der Waals surface area contributed by atoms with Crippen LogP contribution in [0.1, 0.15) is 40.5 Å². The van der Waals surface area contributed by atoms with Crippen molar-refractivity contribution in [2.24, 2.45) is 29.6 Å². The zero-order valence-electron chi connectivity index (χ0n) is 12.7. The van der Waals surface area contributed by atoms with Crippen molar-refractivity contribution in [3.05, 3.63) is 36.5 Å². The Morgan fingerprint density at radius 3 is 2.37 bits per heavy atom. The molecule has 0 aromatic rings. The van der Waals surface area contributed by atoms with Gasteiger partial charge in [0.2, 0.25) is 0 Å². The Bertz CT molecular complexity index is 388. The lowest BCUT2D eigenvalue weighted by molar-refractivity contribution is 0.0366. The van der Waals surface area contributed by atoms with E-state index in [0.717, 1.165) is 6.42 Å². The first-order valence-corrected chi connectivity index (χ1v) is 7.67. The molecule has 19 heavy (non-hydrogen) atoms. The molecule has 0 heterocycles. The highest BCUT2D eigenvalue weighted by molar-refractivity contribution is 5.16. The van der Waals surface area contributed by atoms with Crippen LogP contribution < -0.4 is 0 Å². The van der Waals surface area contributed by atoms with E-state index in [1.807, 2.05) is 13.0 Å². The van der Waals surface area contributed by atoms with Crippen LogP contribution in [0.25, 0.3) is 0 Å². The van der Waals surface area contributed by atoms with Gasteiger partial charge >= 0.3 is 0 Å². The van der Waals surface area contributed by atoms with Gasteiger partial charge in [0.05, 0.1) is 5.60 Å². The molecule has 2 aliphatic carbocycles. The van der Waals surface area contributed by atoms with Crippen molar-refractivity contribution >= 4 is 0 Å². The summed E-state index contributed by atoms with van der Waals surface area (Å²) in [5.41, 5.74) is -0.689. The second-order valence-corrected chi connectivity index (χ2v) is 6.83. The summed E-state index contributed by atoms with van der Waals surface area (Å²) in [5, 5.41) is 10.5. The first kappa shape index (κ1) is 14.6. The molecule has 106 valence electrons. The Kier molecular flexibility index (Phi) is 4.35. The van der Waals surface area contributed by atoms with Crippen molar-refractivity contribution in [3.8, 4) is 0 Å². The maximum absolute atomic E-state index is 10.5. The van der Waals surface area contributed by atoms with Crippen LogP contribution >= 0.6 is 0 Å². The first-order valence-electron chi connectivity index (χ1n) is 7.67. The average Bonchev–Trinajstić information content (AvgIpc) is 2.31. The van der Waals surface area contributed by atoms with E-state index in [-0.39, 0.29) is 5.92 Å². The average molecular weight is 260 g/mol. The minimum absolute atomic E-state index is 0.239. The van der Waals surface area contributed by atoms with Gasteiger partial charge in [0, 0.05) is 5.92 Å². The molecule has 6 unspecified atom stereocenters. The maximum atomic E-state index is 10.5. The van der Waals surface area contributed by atoms with Gasteiger partial charge in [-0.3, -0.25) is 0 Å². The molecule has 6 atom stereocenters. The highest BCUT2D eigenvalue weighted by atomic mass is 16.3. The summed E-state index contributed by atoms with van der Waals surface area (Å²) in [6.07, 6.45) is 15.6. The molecule has 0 amide bonds. The smallest absolute Gasteiger partial charge is 0.0864 e. The zero-order chi connectivity index (χ0) is 14.0. The van der Waals surface area contributed by atoms with Crippen molar-refractivity contribution in [1.82, 2.24) is 0 Å². The molecule has 1 nitrogen and oxygen atoms in total. The third kappa shape index (κ3) is 3.20. The summed E-state index contributed by atoms with van der Waals surface area (Å²) in [6, 6.07) is 0. The molecule has 0 fully saturated rings. The largest absolute Gasteiger partial charge is 0.385 e. The Morgan fingerprint density at radius 1 is 1.05 bits per heavy atom. The number of allylic oxidation sites excluding steroid dienone is 4. The lowest BCUT2D eigenvalue weighted by Gasteiger charge is -2.37. The number of aliphatic hydroxyl groups is 1. The molecule has 2 rings (SSSR count). The molecule has 0 aromatic heterocycles. The molecule has 0 bridgehead atoms. The van der Waals surface area contributed by atoms with Gasteiger partial charge in [0.15, 0.2) is 0 Å². The van der Waals surface area contributed by atoms with Gasteiger partial charge in [-0.1, -0.05) is 57.2 Å². The topological polar surface area (TPSA) is 20.2 Å². The van der Waals surface area contributed by atoms with Gasteiger partial charge in [-0.15, -0.1) is 0 Å². The standard InChI is InChI=1S/C18H28O/c1-13-7-5-8-14(2)16(13)10-11-17-15(3)9-6-12-18(17,4)19/h5-7,10-17,19H,8-9H2,1-4H3. The number of rotatable bonds is 2. The van der Waals surface area contributed by atoms with E-state index in [9.17, 15) is 5.11 Å². The molecule has 1 heteroatoms. The van der Waals surface area contributed by atoms with Crippen molar-refractivity contribution < 1.29 is 5.11 Å². The fourth-order valence-electron chi connectivity index (χ4n) is 3.66. The van der Waals surface area contributed by atoms with Gasteiger partial charge in [-0.25, -0.2) is 0 Å². The van der Waals surface area contributed by atoms with Crippen molar-refractivity contribution in [1.29, 1.82) is 0 Å². The minimum atomic E-state index is -0.689. The number of hydrogen-bond donors (Lipinski definition) is 1. The van der Waals surface area contributed by atoms with Crippen molar-refractivity contribution in [2.75, 3.05) is 0 Å². The van der Waals surface area contributed by atoms with E-state index in [0.29, 0.717) is 23.7 Å². The Hall–Kier alpha value is -0.820. The predicted octanol–water partition coefficient (Wildman–Crippen LogP) is 4.35. The predicted molar refractivity (Wildman–Crippen MR) is 81.7 cm³/mol. The molecule has 0 radical (unpaired) electrons. The SMILES string of the molecule is CC1C=CCC(C)C1C=CC1C(C)CC=CC1(C)O. The molecule has 1 N–H and O–H groups in total. The summed E-state index contributed by atoms with van der Waals surface area (Å²) in [7, 11) is 0. The van der Waals surface area contributed by atoms with Crippen molar-refractivity contribution in [2.45, 2.75) is 46.1 Å². The van der Waals surface area contributed by atoms with Gasteiger partial charge < -0.3 is 5.11 Å². The van der Waals surface area contributed by atoms with E-state index in [1.54, 1.807) is 0 Å². The minimum Gasteiger partial charge on any atom is -0.385 e. The molecule has 0 aliphatic heterocycles. The highest BCUT2D eigenvalue weighted by Gasteiger charge is 2.34. The Balaban J connectivity index is 2.13. The van der Waals surface area contributed by atoms with Crippen LogP contribution in [0.4, 0.5) is 0 Å². The second kappa shape index (κ2) is 5.66. The highest BCUT2D eigenvalue weighted by Crippen LogP contribution is 2.36. The molecular formula is C18H28O. The zero-order valence-corrected chi connectivity index (χ0v) is 12.7.